The first-order valence-electron chi connectivity index (χ1n) is 15.7. The average Bonchev–Trinajstić information content (AvgIpc) is 3.69. The molecule has 0 aliphatic carbocycles. The third-order valence-electron chi connectivity index (χ3n) is 9.46. The van der Waals surface area contributed by atoms with Crippen LogP contribution >= 0.6 is 0 Å². The van der Waals surface area contributed by atoms with Crippen molar-refractivity contribution in [1.82, 2.24) is 0 Å². The number of furan rings is 2. The Morgan fingerprint density at radius 1 is 0.283 bits per heavy atom. The summed E-state index contributed by atoms with van der Waals surface area (Å²) in [6, 6.07) is 56.0. The zero-order valence-corrected chi connectivity index (χ0v) is 24.8. The number of hydrogen-bond donors (Lipinski definition) is 0. The number of fused-ring (bicyclic) bond motifs is 8. The predicted molar refractivity (Wildman–Crippen MR) is 192 cm³/mol. The largest absolute Gasteiger partial charge is 0.456 e. The summed E-state index contributed by atoms with van der Waals surface area (Å²) in [6.45, 7) is 0. The highest BCUT2D eigenvalue weighted by atomic mass is 16.3. The van der Waals surface area contributed by atoms with Gasteiger partial charge < -0.3 is 8.83 Å². The Morgan fingerprint density at radius 2 is 0.761 bits per heavy atom. The van der Waals surface area contributed by atoms with Crippen molar-refractivity contribution in [2.45, 2.75) is 0 Å². The molecule has 2 heterocycles. The lowest BCUT2D eigenvalue weighted by Crippen LogP contribution is -1.92. The van der Waals surface area contributed by atoms with Gasteiger partial charge in [0.15, 0.2) is 0 Å². The quantitative estimate of drug-likeness (QED) is 0.193. The summed E-state index contributed by atoms with van der Waals surface area (Å²) in [5.74, 6) is 0. The molecular weight excluding hydrogens is 560 g/mol. The first-order chi connectivity index (χ1) is 22.8. The lowest BCUT2D eigenvalue weighted by Gasteiger charge is -2.19. The zero-order chi connectivity index (χ0) is 30.2. The van der Waals surface area contributed by atoms with Gasteiger partial charge in [-0.3, -0.25) is 0 Å². The molecule has 10 aromatic rings. The molecule has 0 radical (unpaired) electrons. The lowest BCUT2D eigenvalue weighted by atomic mass is 9.84. The van der Waals surface area contributed by atoms with Crippen LogP contribution in [-0.2, 0) is 0 Å². The Labute approximate surface area is 264 Å². The van der Waals surface area contributed by atoms with Gasteiger partial charge in [-0.1, -0.05) is 127 Å². The maximum absolute atomic E-state index is 6.65. The van der Waals surface area contributed by atoms with Crippen molar-refractivity contribution in [2.75, 3.05) is 0 Å². The van der Waals surface area contributed by atoms with E-state index in [1.165, 1.54) is 38.2 Å². The molecule has 0 saturated carbocycles. The second-order valence-corrected chi connectivity index (χ2v) is 12.0. The SMILES string of the molecule is c1ccc(-c2c3ccccc3c(-c3cc(-c4cccc5oc6ccccc6c45)cc4oc5ccccc5c34)c3ccccc23)cc1. The molecule has 0 spiro atoms. The van der Waals surface area contributed by atoms with E-state index < -0.39 is 0 Å². The minimum absolute atomic E-state index is 0.874. The van der Waals surface area contributed by atoms with Crippen molar-refractivity contribution < 1.29 is 8.83 Å². The van der Waals surface area contributed by atoms with Gasteiger partial charge >= 0.3 is 0 Å². The van der Waals surface area contributed by atoms with E-state index in [9.17, 15) is 0 Å². The van der Waals surface area contributed by atoms with E-state index >= 15 is 0 Å². The lowest BCUT2D eigenvalue weighted by molar-refractivity contribution is 0.668. The number of hydrogen-bond acceptors (Lipinski definition) is 2. The molecule has 8 aromatic carbocycles. The Bertz CT molecular complexity index is 2740. The third kappa shape index (κ3) is 3.59. The molecule has 2 heteroatoms. The number of benzene rings is 8. The highest BCUT2D eigenvalue weighted by Gasteiger charge is 2.22. The van der Waals surface area contributed by atoms with E-state index in [2.05, 4.69) is 140 Å². The fraction of sp³-hybridized carbons (Fsp3) is 0. The molecule has 0 atom stereocenters. The molecule has 0 unspecified atom stereocenters. The smallest absolute Gasteiger partial charge is 0.136 e. The monoisotopic (exact) mass is 586 g/mol. The summed E-state index contributed by atoms with van der Waals surface area (Å²) in [6.07, 6.45) is 0. The summed E-state index contributed by atoms with van der Waals surface area (Å²) in [5.41, 5.74) is 10.6. The van der Waals surface area contributed by atoms with E-state index in [0.29, 0.717) is 0 Å². The summed E-state index contributed by atoms with van der Waals surface area (Å²) in [7, 11) is 0. The van der Waals surface area contributed by atoms with Gasteiger partial charge in [-0.25, -0.2) is 0 Å². The van der Waals surface area contributed by atoms with Crippen LogP contribution in [-0.4, -0.2) is 0 Å². The minimum Gasteiger partial charge on any atom is -0.456 e. The highest BCUT2D eigenvalue weighted by Crippen LogP contribution is 2.49. The minimum atomic E-state index is 0.874. The molecule has 214 valence electrons. The van der Waals surface area contributed by atoms with Gasteiger partial charge in [0.2, 0.25) is 0 Å². The fourth-order valence-corrected chi connectivity index (χ4v) is 7.56. The molecule has 0 bridgehead atoms. The third-order valence-corrected chi connectivity index (χ3v) is 9.46. The van der Waals surface area contributed by atoms with Crippen LogP contribution in [0.15, 0.2) is 167 Å². The van der Waals surface area contributed by atoms with E-state index in [1.807, 2.05) is 18.2 Å². The van der Waals surface area contributed by atoms with Crippen LogP contribution < -0.4 is 0 Å². The Kier molecular flexibility index (Phi) is 5.31. The zero-order valence-electron chi connectivity index (χ0n) is 24.8. The Hall–Kier alpha value is -6.12. The normalized spacial score (nSPS) is 11.9. The van der Waals surface area contributed by atoms with Crippen LogP contribution in [0.3, 0.4) is 0 Å². The van der Waals surface area contributed by atoms with E-state index in [1.54, 1.807) is 0 Å². The average molecular weight is 587 g/mol. The van der Waals surface area contributed by atoms with Crippen molar-refractivity contribution in [1.29, 1.82) is 0 Å². The number of para-hydroxylation sites is 2. The molecule has 0 aliphatic heterocycles. The van der Waals surface area contributed by atoms with Gasteiger partial charge in [-0.05, 0) is 85.3 Å². The first-order valence-corrected chi connectivity index (χ1v) is 15.7. The van der Waals surface area contributed by atoms with Gasteiger partial charge in [-0.15, -0.1) is 0 Å². The fourth-order valence-electron chi connectivity index (χ4n) is 7.56. The topological polar surface area (TPSA) is 26.3 Å². The molecule has 0 fully saturated rings. The van der Waals surface area contributed by atoms with E-state index in [-0.39, 0.29) is 0 Å². The molecule has 10 rings (SSSR count). The molecule has 2 aromatic heterocycles. The van der Waals surface area contributed by atoms with Crippen molar-refractivity contribution in [3.8, 4) is 33.4 Å². The summed E-state index contributed by atoms with van der Waals surface area (Å²) in [5, 5.41) is 9.38. The van der Waals surface area contributed by atoms with Gasteiger partial charge in [0.05, 0.1) is 0 Å². The Balaban J connectivity index is 1.39. The molecule has 2 nitrogen and oxygen atoms in total. The molecule has 0 N–H and O–H groups in total. The van der Waals surface area contributed by atoms with Crippen LogP contribution in [0.5, 0.6) is 0 Å². The molecule has 0 aliphatic rings. The predicted octanol–water partition coefficient (Wildman–Crippen LogP) is 12.8. The van der Waals surface area contributed by atoms with Crippen molar-refractivity contribution >= 4 is 65.4 Å². The van der Waals surface area contributed by atoms with Crippen LogP contribution in [0.2, 0.25) is 0 Å². The maximum atomic E-state index is 6.65. The second kappa shape index (κ2) is 9.69. The first kappa shape index (κ1) is 25.2. The second-order valence-electron chi connectivity index (χ2n) is 12.0. The van der Waals surface area contributed by atoms with Crippen LogP contribution in [0.25, 0.3) is 98.8 Å². The molecule has 0 amide bonds. The highest BCUT2D eigenvalue weighted by molar-refractivity contribution is 6.26. The van der Waals surface area contributed by atoms with Crippen molar-refractivity contribution in [3.63, 3.8) is 0 Å². The Morgan fingerprint density at radius 3 is 1.39 bits per heavy atom. The van der Waals surface area contributed by atoms with Gasteiger partial charge in [-0.2, -0.15) is 0 Å². The van der Waals surface area contributed by atoms with Gasteiger partial charge in [0.1, 0.15) is 22.3 Å². The van der Waals surface area contributed by atoms with E-state index in [0.717, 1.165) is 60.6 Å². The van der Waals surface area contributed by atoms with Crippen molar-refractivity contribution in [2.24, 2.45) is 0 Å². The molecular formula is C44H26O2. The van der Waals surface area contributed by atoms with Crippen LogP contribution in [0.4, 0.5) is 0 Å². The number of rotatable bonds is 3. The van der Waals surface area contributed by atoms with Crippen molar-refractivity contribution in [3.05, 3.63) is 158 Å². The summed E-state index contributed by atoms with van der Waals surface area (Å²) in [4.78, 5) is 0. The van der Waals surface area contributed by atoms with Gasteiger partial charge in [0, 0.05) is 21.5 Å². The van der Waals surface area contributed by atoms with Gasteiger partial charge in [0.25, 0.3) is 0 Å². The maximum Gasteiger partial charge on any atom is 0.136 e. The molecule has 0 saturated heterocycles. The van der Waals surface area contributed by atoms with Crippen LogP contribution in [0, 0.1) is 0 Å². The standard InChI is InChI=1S/C44H26O2/c1-2-13-27(14-3-1)41-30-15-4-6-17-32(30)42(33-18-7-5-16-31(33)41)36-25-28(26-40-44(36)35-20-9-11-23-38(35)46-40)29-21-12-24-39-43(29)34-19-8-10-22-37(34)45-39/h1-26H. The molecule has 46 heavy (non-hydrogen) atoms. The van der Waals surface area contributed by atoms with Crippen LogP contribution in [0.1, 0.15) is 0 Å². The summed E-state index contributed by atoms with van der Waals surface area (Å²) < 4.78 is 13.0. The summed E-state index contributed by atoms with van der Waals surface area (Å²) >= 11 is 0. The van der Waals surface area contributed by atoms with E-state index in [4.69, 9.17) is 8.83 Å².